The second-order valence-electron chi connectivity index (χ2n) is 7.87. The smallest absolute Gasteiger partial charge is 0.340 e. The number of benzene rings is 1. The SMILES string of the molecule is CCOC(=O)c1cnc(C)cc1C(=O)N1[C@@H](C(=O)OCc2ccccc2)C[C@@H](C)[C@H]1C. The summed E-state index contributed by atoms with van der Waals surface area (Å²) in [4.78, 5) is 44.5. The normalized spacial score (nSPS) is 20.4. The number of pyridine rings is 1. The van der Waals surface area contributed by atoms with Crippen LogP contribution in [0.25, 0.3) is 0 Å². The fraction of sp³-hybridized carbons (Fsp3) is 0.417. The third-order valence-corrected chi connectivity index (χ3v) is 5.69. The lowest BCUT2D eigenvalue weighted by Gasteiger charge is -2.28. The summed E-state index contributed by atoms with van der Waals surface area (Å²) in [5.74, 6) is -1.35. The molecule has 0 radical (unpaired) electrons. The van der Waals surface area contributed by atoms with Gasteiger partial charge in [0, 0.05) is 17.9 Å². The molecule has 0 saturated carbocycles. The van der Waals surface area contributed by atoms with Crippen LogP contribution in [-0.2, 0) is 20.9 Å². The zero-order chi connectivity index (χ0) is 22.5. The summed E-state index contributed by atoms with van der Waals surface area (Å²) in [7, 11) is 0. The van der Waals surface area contributed by atoms with Crippen molar-refractivity contribution in [1.29, 1.82) is 0 Å². The predicted octanol–water partition coefficient (Wildman–Crippen LogP) is 3.55. The summed E-state index contributed by atoms with van der Waals surface area (Å²) in [5, 5.41) is 0. The van der Waals surface area contributed by atoms with Gasteiger partial charge in [-0.15, -0.1) is 0 Å². The third-order valence-electron chi connectivity index (χ3n) is 5.69. The summed E-state index contributed by atoms with van der Waals surface area (Å²) in [5.41, 5.74) is 1.76. The van der Waals surface area contributed by atoms with Crippen molar-refractivity contribution in [3.8, 4) is 0 Å². The molecule has 2 heterocycles. The van der Waals surface area contributed by atoms with E-state index in [0.717, 1.165) is 5.56 Å². The Kier molecular flexibility index (Phi) is 7.05. The summed E-state index contributed by atoms with van der Waals surface area (Å²) >= 11 is 0. The van der Waals surface area contributed by atoms with Gasteiger partial charge >= 0.3 is 11.9 Å². The molecule has 0 unspecified atom stereocenters. The zero-order valence-corrected chi connectivity index (χ0v) is 18.3. The number of esters is 2. The monoisotopic (exact) mass is 424 g/mol. The molecule has 1 aliphatic rings. The number of aryl methyl sites for hydroxylation is 1. The molecule has 0 N–H and O–H groups in total. The first kappa shape index (κ1) is 22.5. The quantitative estimate of drug-likeness (QED) is 0.659. The second-order valence-corrected chi connectivity index (χ2v) is 7.87. The molecule has 1 fully saturated rings. The summed E-state index contributed by atoms with van der Waals surface area (Å²) in [6.07, 6.45) is 1.85. The Morgan fingerprint density at radius 3 is 2.48 bits per heavy atom. The number of ether oxygens (including phenoxy) is 2. The van der Waals surface area contributed by atoms with Crippen LogP contribution in [0.1, 0.15) is 59.2 Å². The first-order chi connectivity index (χ1) is 14.8. The van der Waals surface area contributed by atoms with Gasteiger partial charge in [0.15, 0.2) is 0 Å². The molecule has 1 aromatic heterocycles. The van der Waals surface area contributed by atoms with Crippen molar-refractivity contribution in [1.82, 2.24) is 9.88 Å². The van der Waals surface area contributed by atoms with Crippen molar-refractivity contribution in [2.45, 2.75) is 52.8 Å². The van der Waals surface area contributed by atoms with Crippen LogP contribution in [0.4, 0.5) is 0 Å². The van der Waals surface area contributed by atoms with Gasteiger partial charge < -0.3 is 14.4 Å². The Hall–Kier alpha value is -3.22. The molecule has 2 aromatic rings. The van der Waals surface area contributed by atoms with E-state index in [1.807, 2.05) is 44.2 Å². The molecule has 0 spiro atoms. The van der Waals surface area contributed by atoms with E-state index in [1.165, 1.54) is 11.1 Å². The molecule has 3 atom stereocenters. The molecule has 1 saturated heterocycles. The number of amides is 1. The van der Waals surface area contributed by atoms with Crippen molar-refractivity contribution < 1.29 is 23.9 Å². The highest BCUT2D eigenvalue weighted by molar-refractivity contribution is 6.06. The number of nitrogens with zero attached hydrogens (tertiary/aromatic N) is 2. The minimum absolute atomic E-state index is 0.0978. The number of hydrogen-bond acceptors (Lipinski definition) is 6. The van der Waals surface area contributed by atoms with Crippen molar-refractivity contribution in [2.75, 3.05) is 6.61 Å². The summed E-state index contributed by atoms with van der Waals surface area (Å²) in [6.45, 7) is 7.68. The van der Waals surface area contributed by atoms with Gasteiger partial charge in [0.1, 0.15) is 12.6 Å². The van der Waals surface area contributed by atoms with E-state index in [0.29, 0.717) is 12.1 Å². The molecule has 0 bridgehead atoms. The number of carbonyl (C=O) groups is 3. The minimum atomic E-state index is -0.718. The summed E-state index contributed by atoms with van der Waals surface area (Å²) in [6, 6.07) is 10.1. The molecule has 164 valence electrons. The van der Waals surface area contributed by atoms with Crippen molar-refractivity contribution in [3.63, 3.8) is 0 Å². The topological polar surface area (TPSA) is 85.8 Å². The Bertz CT molecular complexity index is 960. The average molecular weight is 424 g/mol. The fourth-order valence-electron chi connectivity index (χ4n) is 3.83. The lowest BCUT2D eigenvalue weighted by Crippen LogP contribution is -2.45. The molecule has 7 nitrogen and oxygen atoms in total. The van der Waals surface area contributed by atoms with E-state index >= 15 is 0 Å². The van der Waals surface area contributed by atoms with Gasteiger partial charge in [0.2, 0.25) is 0 Å². The van der Waals surface area contributed by atoms with E-state index in [1.54, 1.807) is 19.9 Å². The molecule has 1 amide bonds. The van der Waals surface area contributed by atoms with Crippen LogP contribution in [0.3, 0.4) is 0 Å². The standard InChI is InChI=1S/C24H28N2O5/c1-5-30-23(28)20-13-25-16(3)12-19(20)22(27)26-17(4)15(2)11-21(26)24(29)31-14-18-9-7-6-8-10-18/h6-10,12-13,15,17,21H,5,11,14H2,1-4H3/t15-,17-,21-/m1/s1. The average Bonchev–Trinajstić information content (AvgIpc) is 3.06. The summed E-state index contributed by atoms with van der Waals surface area (Å²) < 4.78 is 10.6. The van der Waals surface area contributed by atoms with E-state index < -0.39 is 23.9 Å². The maximum atomic E-state index is 13.6. The van der Waals surface area contributed by atoms with E-state index in [2.05, 4.69) is 4.98 Å². The maximum absolute atomic E-state index is 13.6. The predicted molar refractivity (Wildman–Crippen MR) is 114 cm³/mol. The number of aromatic nitrogens is 1. The highest BCUT2D eigenvalue weighted by Crippen LogP contribution is 2.32. The number of rotatable bonds is 6. The highest BCUT2D eigenvalue weighted by atomic mass is 16.5. The Labute approximate surface area is 182 Å². The van der Waals surface area contributed by atoms with E-state index in [-0.39, 0.29) is 36.3 Å². The number of hydrogen-bond donors (Lipinski definition) is 0. The van der Waals surface area contributed by atoms with E-state index in [4.69, 9.17) is 9.47 Å². The van der Waals surface area contributed by atoms with Crippen LogP contribution in [0.2, 0.25) is 0 Å². The van der Waals surface area contributed by atoms with Crippen LogP contribution in [0.15, 0.2) is 42.6 Å². The molecule has 7 heteroatoms. The molecule has 3 rings (SSSR count). The lowest BCUT2D eigenvalue weighted by atomic mass is 10.0. The molecular weight excluding hydrogens is 396 g/mol. The first-order valence-corrected chi connectivity index (χ1v) is 10.5. The van der Waals surface area contributed by atoms with Crippen molar-refractivity contribution in [2.24, 2.45) is 5.92 Å². The first-order valence-electron chi connectivity index (χ1n) is 10.5. The maximum Gasteiger partial charge on any atom is 0.340 e. The van der Waals surface area contributed by atoms with Crippen molar-refractivity contribution in [3.05, 3.63) is 65.0 Å². The van der Waals surface area contributed by atoms with Gasteiger partial charge in [0.05, 0.1) is 17.7 Å². The van der Waals surface area contributed by atoms with E-state index in [9.17, 15) is 14.4 Å². The van der Waals surface area contributed by atoms with Crippen molar-refractivity contribution >= 4 is 17.8 Å². The van der Waals surface area contributed by atoms with Crippen LogP contribution in [0.5, 0.6) is 0 Å². The van der Waals surface area contributed by atoms with Gasteiger partial charge in [-0.05, 0) is 44.7 Å². The number of likely N-dealkylation sites (tertiary alicyclic amines) is 1. The number of carbonyl (C=O) groups excluding carboxylic acids is 3. The third kappa shape index (κ3) is 4.93. The van der Waals surface area contributed by atoms with Crippen LogP contribution in [-0.4, -0.2) is 46.4 Å². The second kappa shape index (κ2) is 9.73. The van der Waals surface area contributed by atoms with Gasteiger partial charge in [0.25, 0.3) is 5.91 Å². The van der Waals surface area contributed by atoms with Gasteiger partial charge in [-0.1, -0.05) is 37.3 Å². The Balaban J connectivity index is 1.86. The van der Waals surface area contributed by atoms with Crippen LogP contribution in [0, 0.1) is 12.8 Å². The van der Waals surface area contributed by atoms with Gasteiger partial charge in [-0.25, -0.2) is 9.59 Å². The Morgan fingerprint density at radius 1 is 1.10 bits per heavy atom. The lowest BCUT2D eigenvalue weighted by molar-refractivity contribution is -0.149. The van der Waals surface area contributed by atoms with Crippen LogP contribution >= 0.6 is 0 Å². The largest absolute Gasteiger partial charge is 0.462 e. The van der Waals surface area contributed by atoms with Gasteiger partial charge in [-0.3, -0.25) is 9.78 Å². The van der Waals surface area contributed by atoms with Crippen LogP contribution < -0.4 is 0 Å². The Morgan fingerprint density at radius 2 is 1.81 bits per heavy atom. The molecule has 1 aromatic carbocycles. The van der Waals surface area contributed by atoms with Gasteiger partial charge in [-0.2, -0.15) is 0 Å². The molecule has 1 aliphatic heterocycles. The molecule has 31 heavy (non-hydrogen) atoms. The minimum Gasteiger partial charge on any atom is -0.462 e. The highest BCUT2D eigenvalue weighted by Gasteiger charge is 2.44. The fourth-order valence-corrected chi connectivity index (χ4v) is 3.83. The molecular formula is C24H28N2O5. The zero-order valence-electron chi connectivity index (χ0n) is 18.3. The molecule has 0 aliphatic carbocycles.